The summed E-state index contributed by atoms with van der Waals surface area (Å²) < 4.78 is 11.2. The number of piperidine rings is 2. The fourth-order valence-electron chi connectivity index (χ4n) is 4.45. The van der Waals surface area contributed by atoms with Gasteiger partial charge in [-0.15, -0.1) is 0 Å². The van der Waals surface area contributed by atoms with Crippen molar-refractivity contribution in [3.05, 3.63) is 29.8 Å². The minimum atomic E-state index is -2.27. The van der Waals surface area contributed by atoms with Crippen LogP contribution >= 0.6 is 0 Å². The van der Waals surface area contributed by atoms with Gasteiger partial charge in [0.15, 0.2) is 12.2 Å². The number of aliphatic hydroxyl groups is 3. The number of aliphatic hydroxyl groups excluding tert-OH is 3. The molecule has 2 aliphatic heterocycles. The number of fused-ring (bicyclic) bond motifs is 2. The van der Waals surface area contributed by atoms with Gasteiger partial charge in [0.1, 0.15) is 24.1 Å². The molecule has 2 bridgehead atoms. The highest BCUT2D eigenvalue weighted by atomic mass is 16.6. The maximum absolute atomic E-state index is 12.4. The van der Waals surface area contributed by atoms with Gasteiger partial charge >= 0.3 is 18.0 Å². The number of rotatable bonds is 8. The molecule has 0 aromatic heterocycles. The zero-order valence-corrected chi connectivity index (χ0v) is 22.3. The van der Waals surface area contributed by atoms with Crippen molar-refractivity contribution in [2.45, 2.75) is 51.1 Å². The lowest BCUT2D eigenvalue weighted by Gasteiger charge is -2.46. The fourth-order valence-corrected chi connectivity index (χ4v) is 4.45. The number of likely N-dealkylation sites (tertiary alicyclic amines) is 2. The monoisotopic (exact) mass is 551 g/mol. The number of nitrogens with zero attached hydrogens (tertiary/aromatic N) is 3. The van der Waals surface area contributed by atoms with E-state index in [9.17, 15) is 19.5 Å². The molecule has 2 fully saturated rings. The maximum Gasteiger partial charge on any atom is 0.410 e. The van der Waals surface area contributed by atoms with E-state index in [0.29, 0.717) is 42.8 Å². The van der Waals surface area contributed by atoms with Crippen molar-refractivity contribution in [1.82, 2.24) is 9.80 Å². The number of carboxylic acid groups (broad SMARTS) is 2. The number of hydrogen-bond acceptors (Lipinski definition) is 10. The summed E-state index contributed by atoms with van der Waals surface area (Å²) in [5.74, 6) is -2.08. The molecule has 2 aliphatic rings. The van der Waals surface area contributed by atoms with Crippen LogP contribution in [0.15, 0.2) is 24.3 Å². The smallest absolute Gasteiger partial charge is 0.410 e. The molecule has 0 radical (unpaired) electrons. The fraction of sp³-hybridized carbons (Fsp3) is 0.615. The topological polar surface area (TPSA) is 201 Å². The minimum absolute atomic E-state index is 0.210. The van der Waals surface area contributed by atoms with Crippen molar-refractivity contribution >= 4 is 18.0 Å². The summed E-state index contributed by atoms with van der Waals surface area (Å²) in [5.41, 5.74) is 0.104. The number of aliphatic carboxylic acids is 2. The first kappa shape index (κ1) is 31.8. The summed E-state index contributed by atoms with van der Waals surface area (Å²) in [4.78, 5) is 36.0. The highest BCUT2D eigenvalue weighted by Gasteiger charge is 2.37. The van der Waals surface area contributed by atoms with Crippen LogP contribution in [0.2, 0.25) is 0 Å². The second-order valence-electron chi connectivity index (χ2n) is 10.7. The Morgan fingerprint density at radius 2 is 1.49 bits per heavy atom. The molecule has 5 atom stereocenters. The standard InChI is InChI=1S/C22H31N3O4.C4H6O6/c1-22(2,3)29-21(27)25-12-17-8-18(13-25)11-24(10-17)14-19(26)15-28-20-6-4-16(9-23)5-7-20;5-1(3(7)8)2(6)4(9)10/h4-7,17-19,26H,8,10-15H2,1-3H3;1-2,5-6H,(H,7,8)(H,9,10)/t17?,18?,19-;1-,2-/m01/s1. The molecule has 1 aromatic rings. The van der Waals surface area contributed by atoms with Gasteiger partial charge in [-0.25, -0.2) is 14.4 Å². The van der Waals surface area contributed by atoms with E-state index in [1.54, 1.807) is 24.3 Å². The lowest BCUT2D eigenvalue weighted by molar-refractivity contribution is -0.165. The first-order chi connectivity index (χ1) is 18.2. The van der Waals surface area contributed by atoms with Gasteiger partial charge in [0.2, 0.25) is 0 Å². The van der Waals surface area contributed by atoms with Crippen LogP contribution in [0.3, 0.4) is 0 Å². The van der Waals surface area contributed by atoms with Crippen LogP contribution < -0.4 is 4.74 Å². The van der Waals surface area contributed by atoms with Gasteiger partial charge in [-0.1, -0.05) is 0 Å². The number of β-amino-alcohol motifs (C(OH)–C–C–N with tert-alkyl or cyclic N) is 1. The first-order valence-electron chi connectivity index (χ1n) is 12.5. The predicted octanol–water partition coefficient (Wildman–Crippen LogP) is 0.364. The number of carboxylic acids is 2. The Bertz CT molecular complexity index is 988. The molecule has 39 heavy (non-hydrogen) atoms. The van der Waals surface area contributed by atoms with Crippen LogP contribution in [0.4, 0.5) is 4.79 Å². The quantitative estimate of drug-likeness (QED) is 0.297. The van der Waals surface area contributed by atoms with E-state index in [1.807, 2.05) is 25.7 Å². The summed E-state index contributed by atoms with van der Waals surface area (Å²) in [6.45, 7) is 9.57. The number of carbonyl (C=O) groups excluding carboxylic acids is 1. The average molecular weight is 552 g/mol. The second kappa shape index (κ2) is 14.1. The van der Waals surface area contributed by atoms with Gasteiger partial charge in [0.05, 0.1) is 11.6 Å². The summed E-state index contributed by atoms with van der Waals surface area (Å²) in [7, 11) is 0. The van der Waals surface area contributed by atoms with Crippen LogP contribution in [-0.4, -0.2) is 117 Å². The normalized spacial score (nSPS) is 21.3. The first-order valence-corrected chi connectivity index (χ1v) is 12.5. The third-order valence-corrected chi connectivity index (χ3v) is 6.01. The van der Waals surface area contributed by atoms with Gasteiger partial charge < -0.3 is 39.9 Å². The van der Waals surface area contributed by atoms with Gasteiger partial charge in [-0.3, -0.25) is 4.90 Å². The van der Waals surface area contributed by atoms with Crippen molar-refractivity contribution in [2.24, 2.45) is 11.8 Å². The highest BCUT2D eigenvalue weighted by molar-refractivity contribution is 5.83. The number of hydrogen-bond donors (Lipinski definition) is 5. The predicted molar refractivity (Wildman–Crippen MR) is 136 cm³/mol. The second-order valence-corrected chi connectivity index (χ2v) is 10.7. The van der Waals surface area contributed by atoms with Crippen molar-refractivity contribution in [3.8, 4) is 11.8 Å². The Hall–Kier alpha value is -3.44. The van der Waals surface area contributed by atoms with Crippen molar-refractivity contribution < 1.29 is 49.4 Å². The van der Waals surface area contributed by atoms with Crippen molar-refractivity contribution in [2.75, 3.05) is 39.3 Å². The Labute approximate surface area is 226 Å². The third-order valence-electron chi connectivity index (χ3n) is 6.01. The van der Waals surface area contributed by atoms with Crippen molar-refractivity contribution in [3.63, 3.8) is 0 Å². The Morgan fingerprint density at radius 3 is 1.92 bits per heavy atom. The zero-order chi connectivity index (χ0) is 29.3. The van der Waals surface area contributed by atoms with E-state index in [-0.39, 0.29) is 12.7 Å². The molecule has 1 aromatic carbocycles. The van der Waals surface area contributed by atoms with E-state index < -0.39 is 35.9 Å². The summed E-state index contributed by atoms with van der Waals surface area (Å²) in [5, 5.41) is 51.7. The number of amides is 1. The molecular weight excluding hydrogens is 514 g/mol. The summed E-state index contributed by atoms with van der Waals surface area (Å²) in [6.07, 6.45) is -4.23. The Balaban J connectivity index is 0.000000455. The Kier molecular flexibility index (Phi) is 11.5. The number of carbonyl (C=O) groups is 3. The lowest BCUT2D eigenvalue weighted by Crippen LogP contribution is -2.56. The van der Waals surface area contributed by atoms with E-state index in [2.05, 4.69) is 11.0 Å². The summed E-state index contributed by atoms with van der Waals surface area (Å²) >= 11 is 0. The molecule has 1 amide bonds. The van der Waals surface area contributed by atoms with Crippen LogP contribution in [0, 0.1) is 23.2 Å². The zero-order valence-electron chi connectivity index (χ0n) is 22.3. The van der Waals surface area contributed by atoms with Gasteiger partial charge in [0.25, 0.3) is 0 Å². The van der Waals surface area contributed by atoms with Crippen LogP contribution in [0.5, 0.6) is 5.75 Å². The molecule has 13 heteroatoms. The SMILES string of the molecule is CC(C)(C)OC(=O)N1CC2CC(CN(C[C@H](O)COc3ccc(C#N)cc3)C2)C1.O=C(O)[C@H](O)[C@@H](O)C(=O)O. The van der Waals surface area contributed by atoms with Crippen LogP contribution in [-0.2, 0) is 14.3 Å². The van der Waals surface area contributed by atoms with E-state index >= 15 is 0 Å². The molecule has 0 aliphatic carbocycles. The molecule has 2 saturated heterocycles. The van der Waals surface area contributed by atoms with Crippen LogP contribution in [0.1, 0.15) is 32.8 Å². The van der Waals surface area contributed by atoms with Gasteiger partial charge in [-0.05, 0) is 63.3 Å². The largest absolute Gasteiger partial charge is 0.491 e. The summed E-state index contributed by atoms with van der Waals surface area (Å²) in [6, 6.07) is 8.94. The number of benzene rings is 1. The number of nitriles is 1. The van der Waals surface area contributed by atoms with Crippen LogP contribution in [0.25, 0.3) is 0 Å². The van der Waals surface area contributed by atoms with E-state index in [0.717, 1.165) is 19.5 Å². The minimum Gasteiger partial charge on any atom is -0.491 e. The molecular formula is C26H37N3O10. The van der Waals surface area contributed by atoms with Gasteiger partial charge in [0, 0.05) is 32.7 Å². The third kappa shape index (κ3) is 10.7. The van der Waals surface area contributed by atoms with Gasteiger partial charge in [-0.2, -0.15) is 5.26 Å². The van der Waals surface area contributed by atoms with Crippen molar-refractivity contribution in [1.29, 1.82) is 5.26 Å². The maximum atomic E-state index is 12.4. The molecule has 13 nitrogen and oxygen atoms in total. The lowest BCUT2D eigenvalue weighted by atomic mass is 9.84. The number of ether oxygens (including phenoxy) is 2. The molecule has 0 spiro atoms. The average Bonchev–Trinajstić information content (AvgIpc) is 2.85. The Morgan fingerprint density at radius 1 is 0.974 bits per heavy atom. The molecule has 3 rings (SSSR count). The molecule has 0 saturated carbocycles. The molecule has 216 valence electrons. The highest BCUT2D eigenvalue weighted by Crippen LogP contribution is 2.29. The molecule has 5 N–H and O–H groups in total. The van der Waals surface area contributed by atoms with E-state index in [1.165, 1.54) is 0 Å². The molecule has 2 heterocycles. The molecule has 2 unspecified atom stereocenters. The van der Waals surface area contributed by atoms with E-state index in [4.69, 9.17) is 35.2 Å².